The molecule has 9 N–H and O–H groups in total. The molecule has 3 aliphatic carbocycles. The number of H-pyrrole nitrogens is 1. The molecule has 210 valence electrons. The SMILES string of the molecule is C[C@H]1c2ccc(Nc3ncc(-c4ccccc4)[nH]3)c(O)c2C(O)=C2C(=O)[C@]3(O)C(O)=C(C(N)=O)C(=O)C[C@@H]3[C@@H](O)[C@@H]21. The van der Waals surface area contributed by atoms with Gasteiger partial charge in [0, 0.05) is 23.8 Å². The fourth-order valence-electron chi connectivity index (χ4n) is 6.38. The van der Waals surface area contributed by atoms with Crippen LogP contribution in [0.3, 0.4) is 0 Å². The number of nitrogens with zero attached hydrogens (tertiary/aromatic N) is 1. The van der Waals surface area contributed by atoms with Crippen LogP contribution in [0.25, 0.3) is 17.0 Å². The molecular formula is C29H26N4O8. The summed E-state index contributed by atoms with van der Waals surface area (Å²) in [6.07, 6.45) is -0.607. The van der Waals surface area contributed by atoms with Gasteiger partial charge in [-0.2, -0.15) is 0 Å². The number of hydrogen-bond acceptors (Lipinski definition) is 10. The zero-order chi connectivity index (χ0) is 29.4. The van der Waals surface area contributed by atoms with Gasteiger partial charge >= 0.3 is 0 Å². The molecule has 5 atom stereocenters. The number of anilines is 2. The first kappa shape index (κ1) is 26.3. The van der Waals surface area contributed by atoms with Gasteiger partial charge in [0.25, 0.3) is 5.91 Å². The number of aromatic amines is 1. The quantitative estimate of drug-likeness (QED) is 0.172. The van der Waals surface area contributed by atoms with E-state index in [-0.39, 0.29) is 17.2 Å². The number of ketones is 2. The van der Waals surface area contributed by atoms with Gasteiger partial charge in [0.15, 0.2) is 11.4 Å². The number of rotatable bonds is 4. The number of carbonyl (C=O) groups is 3. The zero-order valence-corrected chi connectivity index (χ0v) is 21.6. The Morgan fingerprint density at radius 3 is 2.51 bits per heavy atom. The number of fused-ring (bicyclic) bond motifs is 3. The molecular weight excluding hydrogens is 532 g/mol. The average Bonchev–Trinajstić information content (AvgIpc) is 3.41. The van der Waals surface area contributed by atoms with Crippen molar-refractivity contribution in [2.45, 2.75) is 31.0 Å². The van der Waals surface area contributed by atoms with Crippen LogP contribution in [0.2, 0.25) is 0 Å². The topological polar surface area (TPSA) is 219 Å². The summed E-state index contributed by atoms with van der Waals surface area (Å²) in [6.45, 7) is 1.66. The number of primary amides is 1. The fraction of sp³-hybridized carbons (Fsp3) is 0.241. The molecule has 3 aliphatic rings. The summed E-state index contributed by atoms with van der Waals surface area (Å²) in [5, 5.41) is 59.1. The predicted octanol–water partition coefficient (Wildman–Crippen LogP) is 2.09. The van der Waals surface area contributed by atoms with E-state index < -0.39 is 81.8 Å². The highest BCUT2D eigenvalue weighted by molar-refractivity contribution is 6.23. The van der Waals surface area contributed by atoms with Crippen LogP contribution in [0.1, 0.15) is 30.4 Å². The van der Waals surface area contributed by atoms with Gasteiger partial charge in [0.2, 0.25) is 11.7 Å². The molecule has 12 heteroatoms. The molecule has 1 saturated carbocycles. The zero-order valence-electron chi connectivity index (χ0n) is 21.6. The summed E-state index contributed by atoms with van der Waals surface area (Å²) in [4.78, 5) is 45.6. The third kappa shape index (κ3) is 3.61. The minimum Gasteiger partial charge on any atom is -0.508 e. The van der Waals surface area contributed by atoms with Gasteiger partial charge in [-0.3, -0.25) is 14.4 Å². The molecule has 0 saturated heterocycles. The van der Waals surface area contributed by atoms with Crippen molar-refractivity contribution in [3.8, 4) is 17.0 Å². The molecule has 0 aliphatic heterocycles. The van der Waals surface area contributed by atoms with Gasteiger partial charge in [-0.25, -0.2) is 4.98 Å². The van der Waals surface area contributed by atoms with Crippen LogP contribution in [0, 0.1) is 11.8 Å². The van der Waals surface area contributed by atoms with Gasteiger partial charge in [0.1, 0.15) is 22.8 Å². The first-order valence-corrected chi connectivity index (χ1v) is 12.9. The van der Waals surface area contributed by atoms with Crippen molar-refractivity contribution in [3.05, 3.63) is 76.7 Å². The molecule has 1 amide bonds. The summed E-state index contributed by atoms with van der Waals surface area (Å²) in [7, 11) is 0. The summed E-state index contributed by atoms with van der Waals surface area (Å²) in [6, 6.07) is 12.6. The molecule has 6 rings (SSSR count). The van der Waals surface area contributed by atoms with Crippen molar-refractivity contribution in [3.63, 3.8) is 0 Å². The number of aromatic nitrogens is 2. The first-order valence-electron chi connectivity index (χ1n) is 12.9. The third-order valence-corrected chi connectivity index (χ3v) is 8.41. The maximum Gasteiger partial charge on any atom is 0.255 e. The number of aliphatic hydroxyl groups excluding tert-OH is 3. The van der Waals surface area contributed by atoms with E-state index in [4.69, 9.17) is 5.73 Å². The van der Waals surface area contributed by atoms with E-state index in [1.54, 1.807) is 25.3 Å². The van der Waals surface area contributed by atoms with E-state index >= 15 is 0 Å². The molecule has 2 aromatic carbocycles. The minimum absolute atomic E-state index is 0.114. The van der Waals surface area contributed by atoms with Crippen LogP contribution in [0.5, 0.6) is 5.75 Å². The average molecular weight is 559 g/mol. The standard InChI is InChI=1S/C29H26N4O8/c1-11-13-7-8-15(32-28-31-10-16(33-28)12-5-3-2-4-6-12)23(36)19(13)24(37)21-18(11)22(35)14-9-17(34)20(27(30)40)25(38)29(14,41)26(21)39/h2-8,10-11,14,18,22,35-38,41H,9H2,1H3,(H2,30,40)(H2,31,32,33)/t11-,14+,18+,22+,29+/m0/s1. The monoisotopic (exact) mass is 558 g/mol. The van der Waals surface area contributed by atoms with Crippen molar-refractivity contribution in [2.75, 3.05) is 5.32 Å². The van der Waals surface area contributed by atoms with Crippen LogP contribution in [0.15, 0.2) is 65.6 Å². The molecule has 0 unspecified atom stereocenters. The Morgan fingerprint density at radius 2 is 1.83 bits per heavy atom. The Balaban J connectivity index is 1.44. The maximum absolute atomic E-state index is 13.8. The highest BCUT2D eigenvalue weighted by Crippen LogP contribution is 2.56. The number of imidazole rings is 1. The third-order valence-electron chi connectivity index (χ3n) is 8.41. The van der Waals surface area contributed by atoms with Gasteiger partial charge in [0.05, 0.1) is 29.2 Å². The number of hydrogen-bond donors (Lipinski definition) is 8. The lowest BCUT2D eigenvalue weighted by Gasteiger charge is -2.50. The van der Waals surface area contributed by atoms with Crippen molar-refractivity contribution in [1.82, 2.24) is 9.97 Å². The van der Waals surface area contributed by atoms with Crippen LogP contribution < -0.4 is 11.1 Å². The number of amides is 1. The summed E-state index contributed by atoms with van der Waals surface area (Å²) < 4.78 is 0. The van der Waals surface area contributed by atoms with E-state index in [1.165, 1.54) is 0 Å². The molecule has 0 spiro atoms. The second-order valence-electron chi connectivity index (χ2n) is 10.5. The van der Waals surface area contributed by atoms with E-state index in [9.17, 15) is 39.9 Å². The highest BCUT2D eigenvalue weighted by Gasteiger charge is 2.64. The molecule has 1 fully saturated rings. The Morgan fingerprint density at radius 1 is 1.12 bits per heavy atom. The number of Topliss-reactive ketones (excluding diaryl/α,β-unsaturated/α-hetero) is 2. The first-order chi connectivity index (χ1) is 19.5. The van der Waals surface area contributed by atoms with Crippen molar-refractivity contribution in [2.24, 2.45) is 17.6 Å². The van der Waals surface area contributed by atoms with Crippen LogP contribution in [-0.2, 0) is 14.4 Å². The number of aliphatic hydroxyl groups is 4. The van der Waals surface area contributed by atoms with E-state index in [1.807, 2.05) is 30.3 Å². The highest BCUT2D eigenvalue weighted by atomic mass is 16.4. The van der Waals surface area contributed by atoms with Crippen molar-refractivity contribution < 1.29 is 39.9 Å². The molecule has 3 aromatic rings. The lowest BCUT2D eigenvalue weighted by Crippen LogP contribution is -2.63. The van der Waals surface area contributed by atoms with Crippen LogP contribution >= 0.6 is 0 Å². The van der Waals surface area contributed by atoms with Gasteiger partial charge in [-0.15, -0.1) is 0 Å². The number of nitrogens with two attached hydrogens (primary N) is 1. The Hall–Kier alpha value is -4.94. The summed E-state index contributed by atoms with van der Waals surface area (Å²) in [5.74, 6) is -8.84. The Bertz CT molecular complexity index is 1710. The number of phenols is 1. The predicted molar refractivity (Wildman–Crippen MR) is 145 cm³/mol. The normalized spacial score (nSPS) is 27.3. The maximum atomic E-state index is 13.8. The molecule has 0 bridgehead atoms. The molecule has 1 heterocycles. The lowest BCUT2D eigenvalue weighted by atomic mass is 9.55. The summed E-state index contributed by atoms with van der Waals surface area (Å²) >= 11 is 0. The van der Waals surface area contributed by atoms with Crippen LogP contribution in [-0.4, -0.2) is 64.7 Å². The number of benzene rings is 2. The van der Waals surface area contributed by atoms with E-state index in [2.05, 4.69) is 15.3 Å². The smallest absolute Gasteiger partial charge is 0.255 e. The number of phenolic OH excluding ortho intramolecular Hbond substituents is 1. The molecule has 12 nitrogen and oxygen atoms in total. The lowest BCUT2D eigenvalue weighted by molar-refractivity contribution is -0.160. The Kier molecular flexibility index (Phi) is 5.80. The fourth-order valence-corrected chi connectivity index (χ4v) is 6.38. The van der Waals surface area contributed by atoms with Gasteiger partial charge in [-0.05, 0) is 23.1 Å². The second-order valence-corrected chi connectivity index (χ2v) is 10.5. The van der Waals surface area contributed by atoms with Crippen LogP contribution in [0.4, 0.5) is 11.6 Å². The second kappa shape index (κ2) is 9.04. The number of carbonyl (C=O) groups excluding carboxylic acids is 3. The number of nitrogens with one attached hydrogen (secondary N) is 2. The molecule has 1 aromatic heterocycles. The number of aromatic hydroxyl groups is 1. The van der Waals surface area contributed by atoms with Gasteiger partial charge in [-0.1, -0.05) is 43.3 Å². The Labute approximate surface area is 232 Å². The van der Waals surface area contributed by atoms with E-state index in [0.29, 0.717) is 11.3 Å². The minimum atomic E-state index is -2.89. The largest absolute Gasteiger partial charge is 0.508 e. The van der Waals surface area contributed by atoms with Crippen molar-refractivity contribution in [1.29, 1.82) is 0 Å². The van der Waals surface area contributed by atoms with Crippen molar-refractivity contribution >= 4 is 34.9 Å². The summed E-state index contributed by atoms with van der Waals surface area (Å²) in [5.41, 5.74) is 2.97. The molecule has 41 heavy (non-hydrogen) atoms. The van der Waals surface area contributed by atoms with Gasteiger partial charge < -0.3 is 41.6 Å². The molecule has 0 radical (unpaired) electrons. The van der Waals surface area contributed by atoms with E-state index in [0.717, 1.165) is 5.56 Å².